The van der Waals surface area contributed by atoms with Gasteiger partial charge in [-0.3, -0.25) is 0 Å². The molecule has 0 aliphatic carbocycles. The summed E-state index contributed by atoms with van der Waals surface area (Å²) in [7, 11) is -0.430. The first kappa shape index (κ1) is 19.3. The highest BCUT2D eigenvalue weighted by Crippen LogP contribution is 2.26. The summed E-state index contributed by atoms with van der Waals surface area (Å²) in [5, 5.41) is 0. The molecule has 0 bridgehead atoms. The zero-order chi connectivity index (χ0) is 18.7. The van der Waals surface area contributed by atoms with Crippen LogP contribution >= 0.6 is 0 Å². The average molecular weight is 363 g/mol. The van der Waals surface area contributed by atoms with E-state index in [0.29, 0.717) is 11.3 Å². The van der Waals surface area contributed by atoms with E-state index in [0.717, 1.165) is 11.3 Å². The molecule has 0 unspecified atom stereocenters. The van der Waals surface area contributed by atoms with Crippen molar-refractivity contribution in [2.24, 2.45) is 0 Å². The van der Waals surface area contributed by atoms with E-state index in [1.54, 1.807) is 39.3 Å². The van der Waals surface area contributed by atoms with Gasteiger partial charge in [-0.05, 0) is 48.4 Å². The van der Waals surface area contributed by atoms with Crippen LogP contribution in [0.4, 0.5) is 0 Å². The summed E-state index contributed by atoms with van der Waals surface area (Å²) >= 11 is 0. The highest BCUT2D eigenvalue weighted by Gasteiger charge is 2.25. The van der Waals surface area contributed by atoms with Crippen LogP contribution in [0.2, 0.25) is 0 Å². The Morgan fingerprint density at radius 2 is 1.52 bits per heavy atom. The number of hydrogen-bond acceptors (Lipinski definition) is 4. The fraction of sp³-hybridized carbons (Fsp3) is 0.368. The maximum Gasteiger partial charge on any atom is 0.240 e. The fourth-order valence-corrected chi connectivity index (χ4v) is 3.98. The Balaban J connectivity index is 2.17. The molecule has 0 aromatic heterocycles. The minimum Gasteiger partial charge on any atom is -0.497 e. The van der Waals surface area contributed by atoms with Crippen molar-refractivity contribution in [3.63, 3.8) is 0 Å². The normalized spacial score (nSPS) is 12.0. The molecule has 1 N–H and O–H groups in total. The molecule has 2 rings (SSSR count). The lowest BCUT2D eigenvalue weighted by Crippen LogP contribution is -2.36. The number of nitrogens with one attached hydrogen (secondary N) is 1. The SMILES string of the molecule is COc1ccc(C(C)(C)CNS(=O)(=O)c2ccc(OC)cc2C)cc1. The lowest BCUT2D eigenvalue weighted by atomic mass is 9.85. The predicted molar refractivity (Wildman–Crippen MR) is 98.9 cm³/mol. The molecule has 6 heteroatoms. The molecule has 25 heavy (non-hydrogen) atoms. The first-order chi connectivity index (χ1) is 11.7. The number of rotatable bonds is 7. The van der Waals surface area contributed by atoms with Crippen molar-refractivity contribution in [3.8, 4) is 11.5 Å². The van der Waals surface area contributed by atoms with Crippen molar-refractivity contribution in [2.75, 3.05) is 20.8 Å². The van der Waals surface area contributed by atoms with Gasteiger partial charge in [0.1, 0.15) is 11.5 Å². The fourth-order valence-electron chi connectivity index (χ4n) is 2.55. The van der Waals surface area contributed by atoms with Crippen LogP contribution in [0.25, 0.3) is 0 Å². The van der Waals surface area contributed by atoms with Crippen LogP contribution in [0.3, 0.4) is 0 Å². The topological polar surface area (TPSA) is 64.6 Å². The molecule has 0 amide bonds. The molecule has 0 spiro atoms. The maximum atomic E-state index is 12.7. The summed E-state index contributed by atoms with van der Waals surface area (Å²) in [4.78, 5) is 0.263. The van der Waals surface area contributed by atoms with Gasteiger partial charge in [-0.2, -0.15) is 0 Å². The van der Waals surface area contributed by atoms with Gasteiger partial charge in [-0.15, -0.1) is 0 Å². The number of sulfonamides is 1. The summed E-state index contributed by atoms with van der Waals surface area (Å²) < 4.78 is 38.3. The van der Waals surface area contributed by atoms with E-state index in [1.807, 2.05) is 38.1 Å². The van der Waals surface area contributed by atoms with Gasteiger partial charge >= 0.3 is 0 Å². The predicted octanol–water partition coefficient (Wildman–Crippen LogP) is 3.27. The lowest BCUT2D eigenvalue weighted by Gasteiger charge is -2.26. The Kier molecular flexibility index (Phi) is 5.75. The van der Waals surface area contributed by atoms with E-state index in [9.17, 15) is 8.42 Å². The van der Waals surface area contributed by atoms with Gasteiger partial charge in [-0.25, -0.2) is 13.1 Å². The van der Waals surface area contributed by atoms with Gasteiger partial charge in [0.25, 0.3) is 0 Å². The molecule has 2 aromatic carbocycles. The first-order valence-electron chi connectivity index (χ1n) is 7.98. The Bertz CT molecular complexity index is 827. The Morgan fingerprint density at radius 3 is 2.04 bits per heavy atom. The van der Waals surface area contributed by atoms with E-state index in [4.69, 9.17) is 9.47 Å². The summed E-state index contributed by atoms with van der Waals surface area (Å²) in [6, 6.07) is 12.6. The van der Waals surface area contributed by atoms with Crippen LogP contribution in [0, 0.1) is 6.92 Å². The van der Waals surface area contributed by atoms with Crippen molar-refractivity contribution < 1.29 is 17.9 Å². The van der Waals surface area contributed by atoms with Gasteiger partial charge in [0.05, 0.1) is 19.1 Å². The summed E-state index contributed by atoms with van der Waals surface area (Å²) in [5.74, 6) is 1.41. The second-order valence-electron chi connectivity index (χ2n) is 6.57. The third-order valence-corrected chi connectivity index (χ3v) is 5.81. The van der Waals surface area contributed by atoms with E-state index in [2.05, 4.69) is 4.72 Å². The highest BCUT2D eigenvalue weighted by molar-refractivity contribution is 7.89. The zero-order valence-corrected chi connectivity index (χ0v) is 16.1. The molecule has 2 aromatic rings. The van der Waals surface area contributed by atoms with E-state index in [-0.39, 0.29) is 16.9 Å². The number of methoxy groups -OCH3 is 2. The van der Waals surface area contributed by atoms with Crippen molar-refractivity contribution in [2.45, 2.75) is 31.1 Å². The third-order valence-electron chi connectivity index (χ3n) is 4.25. The first-order valence-corrected chi connectivity index (χ1v) is 9.47. The van der Waals surface area contributed by atoms with E-state index < -0.39 is 10.0 Å². The summed E-state index contributed by atoms with van der Waals surface area (Å²) in [5.41, 5.74) is 1.32. The second-order valence-corrected chi connectivity index (χ2v) is 8.30. The third kappa shape index (κ3) is 4.52. The molecule has 0 radical (unpaired) electrons. The smallest absolute Gasteiger partial charge is 0.240 e. The average Bonchev–Trinajstić information content (AvgIpc) is 2.60. The number of aryl methyl sites for hydroxylation is 1. The highest BCUT2D eigenvalue weighted by atomic mass is 32.2. The largest absolute Gasteiger partial charge is 0.497 e. The molecular formula is C19H25NO4S. The van der Waals surface area contributed by atoms with Gasteiger partial charge in [0.15, 0.2) is 0 Å². The molecule has 0 saturated carbocycles. The lowest BCUT2D eigenvalue weighted by molar-refractivity contribution is 0.413. The standard InChI is InChI=1S/C19H25NO4S/c1-14-12-17(24-5)10-11-18(14)25(21,22)20-13-19(2,3)15-6-8-16(23-4)9-7-15/h6-12,20H,13H2,1-5H3. The molecular weight excluding hydrogens is 338 g/mol. The van der Waals surface area contributed by atoms with Gasteiger partial charge in [0.2, 0.25) is 10.0 Å². The minimum absolute atomic E-state index is 0.263. The molecule has 0 atom stereocenters. The van der Waals surface area contributed by atoms with E-state index >= 15 is 0 Å². The van der Waals surface area contributed by atoms with Crippen molar-refractivity contribution in [3.05, 3.63) is 53.6 Å². The number of hydrogen-bond donors (Lipinski definition) is 1. The second kappa shape index (κ2) is 7.45. The molecule has 0 saturated heterocycles. The molecule has 136 valence electrons. The van der Waals surface area contributed by atoms with Crippen LogP contribution in [0.5, 0.6) is 11.5 Å². The summed E-state index contributed by atoms with van der Waals surface area (Å²) in [6.45, 7) is 6.04. The van der Waals surface area contributed by atoms with Crippen molar-refractivity contribution >= 4 is 10.0 Å². The van der Waals surface area contributed by atoms with Gasteiger partial charge in [-0.1, -0.05) is 26.0 Å². The van der Waals surface area contributed by atoms with Crippen molar-refractivity contribution in [1.82, 2.24) is 4.72 Å². The number of benzene rings is 2. The maximum absolute atomic E-state index is 12.7. The number of ether oxygens (including phenoxy) is 2. The molecule has 0 aliphatic heterocycles. The van der Waals surface area contributed by atoms with E-state index in [1.165, 1.54) is 0 Å². The minimum atomic E-state index is -3.60. The van der Waals surface area contributed by atoms with Crippen molar-refractivity contribution in [1.29, 1.82) is 0 Å². The van der Waals surface area contributed by atoms with Crippen LogP contribution < -0.4 is 14.2 Å². The van der Waals surface area contributed by atoms with Gasteiger partial charge < -0.3 is 9.47 Å². The molecule has 0 fully saturated rings. The quantitative estimate of drug-likeness (QED) is 0.820. The Labute approximate surface area is 150 Å². The monoisotopic (exact) mass is 363 g/mol. The van der Waals surface area contributed by atoms with Crippen LogP contribution in [0.15, 0.2) is 47.4 Å². The Morgan fingerprint density at radius 1 is 0.960 bits per heavy atom. The summed E-state index contributed by atoms with van der Waals surface area (Å²) in [6.07, 6.45) is 0. The zero-order valence-electron chi connectivity index (χ0n) is 15.3. The molecule has 5 nitrogen and oxygen atoms in total. The van der Waals surface area contributed by atoms with Crippen LogP contribution in [-0.4, -0.2) is 29.2 Å². The van der Waals surface area contributed by atoms with Gasteiger partial charge in [0, 0.05) is 12.0 Å². The molecule has 0 aliphatic rings. The Hall–Kier alpha value is -2.05. The molecule has 0 heterocycles. The van der Waals surface area contributed by atoms with Crippen LogP contribution in [0.1, 0.15) is 25.0 Å². The van der Waals surface area contributed by atoms with Crippen LogP contribution in [-0.2, 0) is 15.4 Å².